The van der Waals surface area contributed by atoms with Gasteiger partial charge in [0.05, 0.1) is 5.56 Å². The smallest absolute Gasteiger partial charge is 0.418 e. The van der Waals surface area contributed by atoms with Crippen LogP contribution in [0, 0.1) is 0 Å². The second kappa shape index (κ2) is 2.84. The summed E-state index contributed by atoms with van der Waals surface area (Å²) in [5.41, 5.74) is -0.705. The van der Waals surface area contributed by atoms with Crippen LogP contribution >= 0.6 is 0 Å². The topological polar surface area (TPSA) is 42.4 Å². The molecule has 1 aliphatic heterocycles. The number of aliphatic hydroxyl groups is 1. The molecule has 0 spiro atoms. The highest BCUT2D eigenvalue weighted by Gasteiger charge is 2.34. The molecule has 1 unspecified atom stereocenters. The zero-order valence-electron chi connectivity index (χ0n) is 6.88. The molecular weight excluding hydrogens is 199 g/mol. The van der Waals surface area contributed by atoms with Crippen molar-refractivity contribution in [2.75, 3.05) is 6.61 Å². The monoisotopic (exact) mass is 205 g/mol. The van der Waals surface area contributed by atoms with Crippen LogP contribution in [0.15, 0.2) is 12.3 Å². The van der Waals surface area contributed by atoms with Crippen molar-refractivity contribution in [1.29, 1.82) is 0 Å². The molecule has 0 saturated heterocycles. The number of halogens is 3. The van der Waals surface area contributed by atoms with Gasteiger partial charge in [0.1, 0.15) is 24.2 Å². The Labute approximate surface area is 77.1 Å². The number of rotatable bonds is 0. The molecule has 76 valence electrons. The summed E-state index contributed by atoms with van der Waals surface area (Å²) in [5.74, 6) is 0.00678. The predicted molar refractivity (Wildman–Crippen MR) is 39.7 cm³/mol. The number of fused-ring (bicyclic) bond motifs is 1. The molecule has 2 rings (SSSR count). The van der Waals surface area contributed by atoms with Crippen LogP contribution in [0.25, 0.3) is 0 Å². The fourth-order valence-corrected chi connectivity index (χ4v) is 1.22. The summed E-state index contributed by atoms with van der Waals surface area (Å²) in [6.45, 7) is -0.0381. The zero-order valence-corrected chi connectivity index (χ0v) is 6.88. The van der Waals surface area contributed by atoms with Crippen molar-refractivity contribution in [1.82, 2.24) is 4.98 Å². The van der Waals surface area contributed by atoms with Crippen molar-refractivity contribution in [3.05, 3.63) is 23.5 Å². The molecule has 6 heteroatoms. The fraction of sp³-hybridized carbons (Fsp3) is 0.375. The van der Waals surface area contributed by atoms with E-state index in [1.54, 1.807) is 0 Å². The number of pyridine rings is 1. The summed E-state index contributed by atoms with van der Waals surface area (Å²) in [6.07, 6.45) is -4.66. The first-order valence-corrected chi connectivity index (χ1v) is 3.86. The van der Waals surface area contributed by atoms with E-state index in [0.29, 0.717) is 6.20 Å². The number of ether oxygens (including phenoxy) is 1. The van der Waals surface area contributed by atoms with E-state index >= 15 is 0 Å². The third-order valence-electron chi connectivity index (χ3n) is 1.92. The lowest BCUT2D eigenvalue weighted by Gasteiger charge is -2.07. The molecule has 0 bridgehead atoms. The van der Waals surface area contributed by atoms with Gasteiger partial charge < -0.3 is 9.84 Å². The Hall–Kier alpha value is -1.30. The van der Waals surface area contributed by atoms with Crippen LogP contribution in [0.1, 0.15) is 17.4 Å². The van der Waals surface area contributed by atoms with Gasteiger partial charge in [0.2, 0.25) is 0 Å². The Morgan fingerprint density at radius 2 is 2.21 bits per heavy atom. The molecule has 0 saturated carbocycles. The zero-order chi connectivity index (χ0) is 10.3. The molecule has 0 aliphatic carbocycles. The van der Waals surface area contributed by atoms with Gasteiger partial charge in [-0.3, -0.25) is 4.98 Å². The molecule has 1 aromatic rings. The first-order valence-electron chi connectivity index (χ1n) is 3.86. The summed E-state index contributed by atoms with van der Waals surface area (Å²) >= 11 is 0. The van der Waals surface area contributed by atoms with Crippen molar-refractivity contribution < 1.29 is 23.0 Å². The summed E-state index contributed by atoms with van der Waals surface area (Å²) < 4.78 is 41.4. The minimum absolute atomic E-state index is 0.00678. The molecule has 1 aromatic heterocycles. The molecule has 0 amide bonds. The Kier molecular flexibility index (Phi) is 1.88. The van der Waals surface area contributed by atoms with E-state index in [9.17, 15) is 18.3 Å². The standard InChI is InChI=1S/C8H6F3NO2/c9-8(10,11)4-1-6-7(12-2-4)5(13)3-14-6/h1-2,5,13H,3H2. The second-order valence-corrected chi connectivity index (χ2v) is 2.93. The molecule has 1 aliphatic rings. The molecular formula is C8H6F3NO2. The predicted octanol–water partition coefficient (Wildman–Crippen LogP) is 1.53. The van der Waals surface area contributed by atoms with Crippen molar-refractivity contribution in [3.63, 3.8) is 0 Å². The summed E-state index contributed by atoms with van der Waals surface area (Å²) in [5, 5.41) is 9.21. The van der Waals surface area contributed by atoms with E-state index in [1.165, 1.54) is 0 Å². The van der Waals surface area contributed by atoms with Crippen molar-refractivity contribution >= 4 is 0 Å². The van der Waals surface area contributed by atoms with Gasteiger partial charge in [-0.15, -0.1) is 0 Å². The molecule has 0 aromatic carbocycles. The van der Waals surface area contributed by atoms with Crippen LogP contribution in [-0.4, -0.2) is 16.7 Å². The van der Waals surface area contributed by atoms with Crippen LogP contribution in [-0.2, 0) is 6.18 Å². The second-order valence-electron chi connectivity index (χ2n) is 2.93. The lowest BCUT2D eigenvalue weighted by atomic mass is 10.2. The minimum atomic E-state index is -4.43. The van der Waals surface area contributed by atoms with E-state index in [1.807, 2.05) is 0 Å². The average molecular weight is 205 g/mol. The quantitative estimate of drug-likeness (QED) is 0.698. The van der Waals surface area contributed by atoms with Crippen molar-refractivity contribution in [2.24, 2.45) is 0 Å². The lowest BCUT2D eigenvalue weighted by molar-refractivity contribution is -0.137. The Bertz CT molecular complexity index is 364. The van der Waals surface area contributed by atoms with E-state index in [0.717, 1.165) is 6.07 Å². The Balaban J connectivity index is 2.42. The number of hydrogen-bond acceptors (Lipinski definition) is 3. The highest BCUT2D eigenvalue weighted by molar-refractivity contribution is 5.36. The maximum Gasteiger partial charge on any atom is 0.418 e. The number of nitrogens with zero attached hydrogens (tertiary/aromatic N) is 1. The largest absolute Gasteiger partial charge is 0.488 e. The fourth-order valence-electron chi connectivity index (χ4n) is 1.22. The van der Waals surface area contributed by atoms with Gasteiger partial charge >= 0.3 is 6.18 Å². The van der Waals surface area contributed by atoms with Crippen molar-refractivity contribution in [2.45, 2.75) is 12.3 Å². The third-order valence-corrected chi connectivity index (χ3v) is 1.92. The summed E-state index contributed by atoms with van der Waals surface area (Å²) in [7, 11) is 0. The maximum atomic E-state index is 12.2. The molecule has 14 heavy (non-hydrogen) atoms. The normalized spacial score (nSPS) is 20.4. The first kappa shape index (κ1) is 9.26. The van der Waals surface area contributed by atoms with Gasteiger partial charge in [-0.25, -0.2) is 0 Å². The van der Waals surface area contributed by atoms with Crippen LogP contribution in [0.4, 0.5) is 13.2 Å². The van der Waals surface area contributed by atoms with Gasteiger partial charge in [-0.2, -0.15) is 13.2 Å². The first-order chi connectivity index (χ1) is 6.48. The number of aliphatic hydroxyl groups excluding tert-OH is 1. The van der Waals surface area contributed by atoms with Gasteiger partial charge in [-0.1, -0.05) is 0 Å². The van der Waals surface area contributed by atoms with Crippen LogP contribution in [0.2, 0.25) is 0 Å². The summed E-state index contributed by atoms with van der Waals surface area (Å²) in [4.78, 5) is 3.51. The Morgan fingerprint density at radius 1 is 1.50 bits per heavy atom. The molecule has 1 atom stereocenters. The number of aromatic nitrogens is 1. The highest BCUT2D eigenvalue weighted by Crippen LogP contribution is 2.36. The van der Waals surface area contributed by atoms with Gasteiger partial charge in [0.25, 0.3) is 0 Å². The van der Waals surface area contributed by atoms with E-state index in [2.05, 4.69) is 4.98 Å². The molecule has 2 heterocycles. The third kappa shape index (κ3) is 1.41. The average Bonchev–Trinajstić information content (AvgIpc) is 2.46. The van der Waals surface area contributed by atoms with Crippen LogP contribution in [0.3, 0.4) is 0 Å². The summed E-state index contributed by atoms with van der Waals surface area (Å²) in [6, 6.07) is 0.846. The SMILES string of the molecule is OC1COc2cc(C(F)(F)F)cnc21. The number of hydrogen-bond donors (Lipinski definition) is 1. The van der Waals surface area contributed by atoms with Gasteiger partial charge in [-0.05, 0) is 6.07 Å². The molecule has 3 nitrogen and oxygen atoms in total. The lowest BCUT2D eigenvalue weighted by Crippen LogP contribution is -2.06. The van der Waals surface area contributed by atoms with Gasteiger partial charge in [0.15, 0.2) is 0 Å². The van der Waals surface area contributed by atoms with E-state index in [-0.39, 0.29) is 18.1 Å². The van der Waals surface area contributed by atoms with Crippen LogP contribution < -0.4 is 4.74 Å². The molecule has 0 radical (unpaired) electrons. The number of alkyl halides is 3. The minimum Gasteiger partial charge on any atom is -0.488 e. The van der Waals surface area contributed by atoms with E-state index in [4.69, 9.17) is 4.74 Å². The van der Waals surface area contributed by atoms with E-state index < -0.39 is 17.8 Å². The maximum absolute atomic E-state index is 12.2. The molecule has 0 fully saturated rings. The van der Waals surface area contributed by atoms with Crippen molar-refractivity contribution in [3.8, 4) is 5.75 Å². The molecule has 1 N–H and O–H groups in total. The Morgan fingerprint density at radius 3 is 2.86 bits per heavy atom. The highest BCUT2D eigenvalue weighted by atomic mass is 19.4. The van der Waals surface area contributed by atoms with Crippen LogP contribution in [0.5, 0.6) is 5.75 Å². The van der Waals surface area contributed by atoms with Gasteiger partial charge in [0, 0.05) is 6.20 Å².